The first kappa shape index (κ1) is 14.5. The number of hydrogen-bond acceptors (Lipinski definition) is 4. The van der Waals surface area contributed by atoms with Crippen LogP contribution in [0.3, 0.4) is 0 Å². The second-order valence-electron chi connectivity index (χ2n) is 4.11. The summed E-state index contributed by atoms with van der Waals surface area (Å²) < 4.78 is 19.7. The van der Waals surface area contributed by atoms with E-state index < -0.39 is 11.8 Å². The Morgan fingerprint density at radius 3 is 2.95 bits per heavy atom. The van der Waals surface area contributed by atoms with Crippen molar-refractivity contribution in [1.82, 2.24) is 15.0 Å². The van der Waals surface area contributed by atoms with Gasteiger partial charge in [0, 0.05) is 0 Å². The third kappa shape index (κ3) is 2.80. The largest absolute Gasteiger partial charge is 0.461 e. The van der Waals surface area contributed by atoms with Crippen LogP contribution in [0.15, 0.2) is 18.2 Å². The van der Waals surface area contributed by atoms with Gasteiger partial charge < -0.3 is 4.74 Å². The Morgan fingerprint density at radius 1 is 1.50 bits per heavy atom. The Kier molecular flexibility index (Phi) is 4.34. The summed E-state index contributed by atoms with van der Waals surface area (Å²) in [7, 11) is 0. The van der Waals surface area contributed by atoms with Gasteiger partial charge >= 0.3 is 5.97 Å². The van der Waals surface area contributed by atoms with E-state index in [2.05, 4.69) is 10.3 Å². The van der Waals surface area contributed by atoms with Crippen molar-refractivity contribution >= 4 is 17.6 Å². The molecule has 0 bridgehead atoms. The molecular formula is C13H13ClFN3O2. The van der Waals surface area contributed by atoms with Crippen LogP contribution in [0.1, 0.15) is 28.7 Å². The molecule has 1 aromatic carbocycles. The predicted molar refractivity (Wildman–Crippen MR) is 71.2 cm³/mol. The first-order chi connectivity index (χ1) is 9.54. The van der Waals surface area contributed by atoms with Crippen LogP contribution < -0.4 is 0 Å². The maximum Gasteiger partial charge on any atom is 0.360 e. The second kappa shape index (κ2) is 6.00. The number of nitrogens with zero attached hydrogens (tertiary/aromatic N) is 3. The summed E-state index contributed by atoms with van der Waals surface area (Å²) >= 11 is 5.89. The Hall–Kier alpha value is -1.95. The standard InChI is InChI=1S/C13H13ClFN3O2/c1-3-20-13(19)12-8(2)18(17-16-12)7-9-5-4-6-10(15)11(9)14/h4-6H,3,7H2,1-2H3. The average molecular weight is 298 g/mol. The maximum atomic E-state index is 13.4. The number of esters is 1. The van der Waals surface area contributed by atoms with E-state index in [1.54, 1.807) is 26.0 Å². The smallest absolute Gasteiger partial charge is 0.360 e. The third-order valence-electron chi connectivity index (χ3n) is 2.80. The molecule has 20 heavy (non-hydrogen) atoms. The van der Waals surface area contributed by atoms with Gasteiger partial charge in [0.2, 0.25) is 0 Å². The highest BCUT2D eigenvalue weighted by Gasteiger charge is 2.18. The molecule has 7 heteroatoms. The van der Waals surface area contributed by atoms with Gasteiger partial charge in [0.15, 0.2) is 5.69 Å². The Labute approximate surface area is 120 Å². The van der Waals surface area contributed by atoms with Gasteiger partial charge in [-0.05, 0) is 25.5 Å². The highest BCUT2D eigenvalue weighted by molar-refractivity contribution is 6.31. The van der Waals surface area contributed by atoms with Gasteiger partial charge in [0.05, 0.1) is 23.9 Å². The minimum atomic E-state index is -0.526. The normalized spacial score (nSPS) is 10.6. The van der Waals surface area contributed by atoms with Crippen molar-refractivity contribution in [1.29, 1.82) is 0 Å². The summed E-state index contributed by atoms with van der Waals surface area (Å²) in [6.07, 6.45) is 0. The summed E-state index contributed by atoms with van der Waals surface area (Å²) in [5.74, 6) is -1.02. The quantitative estimate of drug-likeness (QED) is 0.814. The molecule has 0 saturated carbocycles. The van der Waals surface area contributed by atoms with Crippen LogP contribution in [0.4, 0.5) is 4.39 Å². The van der Waals surface area contributed by atoms with Crippen LogP contribution in [0.25, 0.3) is 0 Å². The lowest BCUT2D eigenvalue weighted by Crippen LogP contribution is -2.09. The topological polar surface area (TPSA) is 57.0 Å². The molecule has 0 radical (unpaired) electrons. The zero-order chi connectivity index (χ0) is 14.7. The fraction of sp³-hybridized carbons (Fsp3) is 0.308. The molecule has 1 aromatic heterocycles. The molecule has 2 rings (SSSR count). The van der Waals surface area contributed by atoms with Crippen molar-refractivity contribution in [2.75, 3.05) is 6.61 Å². The molecule has 2 aromatic rings. The van der Waals surface area contributed by atoms with Crippen molar-refractivity contribution in [3.05, 3.63) is 46.0 Å². The number of benzene rings is 1. The molecule has 0 aliphatic carbocycles. The van der Waals surface area contributed by atoms with Crippen molar-refractivity contribution in [2.45, 2.75) is 20.4 Å². The molecule has 106 valence electrons. The van der Waals surface area contributed by atoms with Gasteiger partial charge in [-0.15, -0.1) is 5.10 Å². The first-order valence-electron chi connectivity index (χ1n) is 6.04. The molecule has 5 nitrogen and oxygen atoms in total. The lowest BCUT2D eigenvalue weighted by atomic mass is 10.2. The minimum Gasteiger partial charge on any atom is -0.461 e. The van der Waals surface area contributed by atoms with Gasteiger partial charge in [0.25, 0.3) is 0 Å². The zero-order valence-electron chi connectivity index (χ0n) is 11.1. The van der Waals surface area contributed by atoms with Crippen molar-refractivity contribution < 1.29 is 13.9 Å². The molecule has 0 N–H and O–H groups in total. The summed E-state index contributed by atoms with van der Waals surface area (Å²) in [6.45, 7) is 3.90. The predicted octanol–water partition coefficient (Wildman–Crippen LogP) is 2.60. The van der Waals surface area contributed by atoms with Crippen LogP contribution in [-0.2, 0) is 11.3 Å². The number of carbonyl (C=O) groups is 1. The number of carbonyl (C=O) groups excluding carboxylic acids is 1. The van der Waals surface area contributed by atoms with E-state index in [9.17, 15) is 9.18 Å². The van der Waals surface area contributed by atoms with Crippen molar-refractivity contribution in [3.8, 4) is 0 Å². The Bertz CT molecular complexity index is 643. The summed E-state index contributed by atoms with van der Waals surface area (Å²) in [5, 5.41) is 7.70. The highest BCUT2D eigenvalue weighted by atomic mass is 35.5. The van der Waals surface area contributed by atoms with Gasteiger partial charge in [-0.2, -0.15) is 0 Å². The second-order valence-corrected chi connectivity index (χ2v) is 4.49. The third-order valence-corrected chi connectivity index (χ3v) is 3.23. The van der Waals surface area contributed by atoms with Gasteiger partial charge in [0.1, 0.15) is 5.82 Å². The van der Waals surface area contributed by atoms with Gasteiger partial charge in [-0.25, -0.2) is 13.9 Å². The van der Waals surface area contributed by atoms with E-state index in [0.717, 1.165) is 0 Å². The molecule has 0 spiro atoms. The zero-order valence-corrected chi connectivity index (χ0v) is 11.8. The lowest BCUT2D eigenvalue weighted by Gasteiger charge is -2.06. The van der Waals surface area contributed by atoms with E-state index >= 15 is 0 Å². The van der Waals surface area contributed by atoms with Crippen LogP contribution in [0.5, 0.6) is 0 Å². The van der Waals surface area contributed by atoms with Crippen LogP contribution in [0, 0.1) is 12.7 Å². The molecule has 0 aliphatic heterocycles. The molecular weight excluding hydrogens is 285 g/mol. The first-order valence-corrected chi connectivity index (χ1v) is 6.42. The molecule has 0 saturated heterocycles. The molecule has 0 amide bonds. The summed E-state index contributed by atoms with van der Waals surface area (Å²) in [4.78, 5) is 11.6. The number of aromatic nitrogens is 3. The molecule has 0 unspecified atom stereocenters. The monoisotopic (exact) mass is 297 g/mol. The van der Waals surface area contributed by atoms with Gasteiger partial charge in [-0.1, -0.05) is 28.9 Å². The SMILES string of the molecule is CCOC(=O)c1nnn(Cc2cccc(F)c2Cl)c1C. The van der Waals surface area contributed by atoms with E-state index in [4.69, 9.17) is 16.3 Å². The van der Waals surface area contributed by atoms with Crippen LogP contribution in [0.2, 0.25) is 5.02 Å². The number of rotatable bonds is 4. The summed E-state index contributed by atoms with van der Waals surface area (Å²) in [6, 6.07) is 4.54. The molecule has 1 heterocycles. The van der Waals surface area contributed by atoms with E-state index in [1.165, 1.54) is 10.7 Å². The number of halogens is 2. The minimum absolute atomic E-state index is 0.0417. The van der Waals surface area contributed by atoms with Crippen molar-refractivity contribution in [2.24, 2.45) is 0 Å². The number of ether oxygens (including phenoxy) is 1. The van der Waals surface area contributed by atoms with Gasteiger partial charge in [-0.3, -0.25) is 0 Å². The number of hydrogen-bond donors (Lipinski definition) is 0. The Balaban J connectivity index is 2.27. The summed E-state index contributed by atoms with van der Waals surface area (Å²) in [5.41, 5.74) is 1.26. The van der Waals surface area contributed by atoms with E-state index in [0.29, 0.717) is 11.3 Å². The van der Waals surface area contributed by atoms with Crippen molar-refractivity contribution in [3.63, 3.8) is 0 Å². The molecule has 0 aliphatic rings. The fourth-order valence-corrected chi connectivity index (χ4v) is 1.92. The average Bonchev–Trinajstić information content (AvgIpc) is 2.77. The molecule has 0 atom stereocenters. The van der Waals surface area contributed by atoms with E-state index in [-0.39, 0.29) is 23.9 Å². The lowest BCUT2D eigenvalue weighted by molar-refractivity contribution is 0.0518. The van der Waals surface area contributed by atoms with Crippen LogP contribution in [-0.4, -0.2) is 27.6 Å². The fourth-order valence-electron chi connectivity index (χ4n) is 1.73. The Morgan fingerprint density at radius 2 is 2.25 bits per heavy atom. The maximum absolute atomic E-state index is 13.4. The highest BCUT2D eigenvalue weighted by Crippen LogP contribution is 2.21. The van der Waals surface area contributed by atoms with Crippen LogP contribution >= 0.6 is 11.6 Å². The molecule has 0 fully saturated rings. The van der Waals surface area contributed by atoms with E-state index in [1.807, 2.05) is 0 Å².